The van der Waals surface area contributed by atoms with E-state index in [2.05, 4.69) is 51.3 Å². The molecule has 1 N–H and O–H groups in total. The van der Waals surface area contributed by atoms with E-state index in [0.717, 1.165) is 24.5 Å². The predicted molar refractivity (Wildman–Crippen MR) is 73.9 cm³/mol. The number of nitrogens with one attached hydrogen (secondary N) is 1. The van der Waals surface area contributed by atoms with Gasteiger partial charge in [0.1, 0.15) is 5.82 Å². The Morgan fingerprint density at radius 2 is 2.06 bits per heavy atom. The van der Waals surface area contributed by atoms with Crippen LogP contribution in [0.25, 0.3) is 0 Å². The van der Waals surface area contributed by atoms with Crippen molar-refractivity contribution in [1.82, 2.24) is 14.9 Å². The van der Waals surface area contributed by atoms with Crippen LogP contribution >= 0.6 is 22.6 Å². The monoisotopic (exact) mass is 335 g/mol. The third kappa shape index (κ3) is 3.55. The lowest BCUT2D eigenvalue weighted by atomic mass is 10.1. The second kappa shape index (κ2) is 5.77. The summed E-state index contributed by atoms with van der Waals surface area (Å²) in [6.07, 6.45) is 0.777. The number of hydrogen-bond acceptors (Lipinski definition) is 3. The minimum atomic E-state index is -0.0203. The second-order valence-corrected chi connectivity index (χ2v) is 5.50. The van der Waals surface area contributed by atoms with Gasteiger partial charge in [-0.3, -0.25) is 4.79 Å². The molecule has 16 heavy (non-hydrogen) atoms. The normalized spacial score (nSPS) is 11.4. The molecule has 0 atom stereocenters. The Morgan fingerprint density at radius 3 is 2.56 bits per heavy atom. The van der Waals surface area contributed by atoms with Gasteiger partial charge in [-0.25, -0.2) is 4.98 Å². The lowest BCUT2D eigenvalue weighted by Crippen LogP contribution is -2.22. The molecule has 1 aromatic heterocycles. The molecule has 1 heterocycles. The second-order valence-electron chi connectivity index (χ2n) is 4.42. The van der Waals surface area contributed by atoms with Gasteiger partial charge in [0.25, 0.3) is 5.56 Å². The van der Waals surface area contributed by atoms with E-state index in [-0.39, 0.29) is 11.5 Å². The van der Waals surface area contributed by atoms with Crippen molar-refractivity contribution < 1.29 is 0 Å². The standard InChI is InChI=1S/C11H18IN3O/c1-7(2)10-9(12)11(16)14-8(13-10)5-6-15(3)4/h7H,5-6H2,1-4H3,(H,13,14,16). The molecule has 0 saturated carbocycles. The summed E-state index contributed by atoms with van der Waals surface area (Å²) < 4.78 is 0.709. The van der Waals surface area contributed by atoms with Crippen molar-refractivity contribution in [2.24, 2.45) is 0 Å². The van der Waals surface area contributed by atoms with E-state index in [1.165, 1.54) is 0 Å². The number of halogens is 1. The van der Waals surface area contributed by atoms with Crippen LogP contribution in [-0.4, -0.2) is 35.5 Å². The zero-order valence-corrected chi connectivity index (χ0v) is 12.3. The van der Waals surface area contributed by atoms with Gasteiger partial charge in [0.05, 0.1) is 9.26 Å². The van der Waals surface area contributed by atoms with Gasteiger partial charge < -0.3 is 9.88 Å². The molecule has 4 nitrogen and oxygen atoms in total. The van der Waals surface area contributed by atoms with E-state index in [4.69, 9.17) is 0 Å². The lowest BCUT2D eigenvalue weighted by molar-refractivity contribution is 0.409. The largest absolute Gasteiger partial charge is 0.310 e. The first-order chi connectivity index (χ1) is 7.41. The van der Waals surface area contributed by atoms with Gasteiger partial charge in [-0.05, 0) is 42.6 Å². The van der Waals surface area contributed by atoms with E-state index >= 15 is 0 Å². The number of likely N-dealkylation sites (N-methyl/N-ethyl adjacent to an activating group) is 1. The van der Waals surface area contributed by atoms with Crippen LogP contribution in [0, 0.1) is 3.57 Å². The van der Waals surface area contributed by atoms with E-state index in [1.807, 2.05) is 14.1 Å². The molecule has 0 bridgehead atoms. The van der Waals surface area contributed by atoms with Crippen molar-refractivity contribution in [3.05, 3.63) is 25.4 Å². The number of aromatic nitrogens is 2. The van der Waals surface area contributed by atoms with Crippen LogP contribution in [0.4, 0.5) is 0 Å². The van der Waals surface area contributed by atoms with Crippen molar-refractivity contribution in [2.45, 2.75) is 26.2 Å². The number of rotatable bonds is 4. The van der Waals surface area contributed by atoms with Crippen LogP contribution in [0.2, 0.25) is 0 Å². The number of hydrogen-bond donors (Lipinski definition) is 1. The Balaban J connectivity index is 3.00. The number of H-pyrrole nitrogens is 1. The van der Waals surface area contributed by atoms with Crippen LogP contribution in [0.3, 0.4) is 0 Å². The molecule has 0 fully saturated rings. The maximum atomic E-state index is 11.7. The molecular weight excluding hydrogens is 317 g/mol. The SMILES string of the molecule is CC(C)c1nc(CCN(C)C)[nH]c(=O)c1I. The summed E-state index contributed by atoms with van der Waals surface area (Å²) in [5.41, 5.74) is 0.881. The molecular formula is C11H18IN3O. The fourth-order valence-corrected chi connectivity index (χ4v) is 2.23. The minimum absolute atomic E-state index is 0.0203. The molecule has 90 valence electrons. The highest BCUT2D eigenvalue weighted by atomic mass is 127. The zero-order valence-electron chi connectivity index (χ0n) is 10.2. The molecule has 0 radical (unpaired) electrons. The summed E-state index contributed by atoms with van der Waals surface area (Å²) in [5.74, 6) is 1.06. The van der Waals surface area contributed by atoms with Gasteiger partial charge in [-0.2, -0.15) is 0 Å². The van der Waals surface area contributed by atoms with Crippen LogP contribution in [-0.2, 0) is 6.42 Å². The van der Waals surface area contributed by atoms with Gasteiger partial charge in [-0.15, -0.1) is 0 Å². The smallest absolute Gasteiger partial charge is 0.264 e. The van der Waals surface area contributed by atoms with Crippen LogP contribution in [0.1, 0.15) is 31.3 Å². The summed E-state index contributed by atoms with van der Waals surface area (Å²) in [4.78, 5) is 21.1. The molecule has 0 amide bonds. The molecule has 0 aromatic carbocycles. The topological polar surface area (TPSA) is 49.0 Å². The van der Waals surface area contributed by atoms with Gasteiger partial charge in [0.15, 0.2) is 0 Å². The first-order valence-electron chi connectivity index (χ1n) is 5.35. The summed E-state index contributed by atoms with van der Waals surface area (Å²) in [6, 6.07) is 0. The fourth-order valence-electron chi connectivity index (χ4n) is 1.36. The van der Waals surface area contributed by atoms with Gasteiger partial charge in [-0.1, -0.05) is 13.8 Å². The highest BCUT2D eigenvalue weighted by Gasteiger charge is 2.11. The Hall–Kier alpha value is -0.430. The molecule has 0 unspecified atom stereocenters. The van der Waals surface area contributed by atoms with E-state index in [0.29, 0.717) is 3.57 Å². The minimum Gasteiger partial charge on any atom is -0.310 e. The van der Waals surface area contributed by atoms with Crippen molar-refractivity contribution in [1.29, 1.82) is 0 Å². The van der Waals surface area contributed by atoms with E-state index in [9.17, 15) is 4.79 Å². The van der Waals surface area contributed by atoms with Crippen LogP contribution < -0.4 is 5.56 Å². The van der Waals surface area contributed by atoms with Crippen LogP contribution in [0.15, 0.2) is 4.79 Å². The Morgan fingerprint density at radius 1 is 1.44 bits per heavy atom. The van der Waals surface area contributed by atoms with Gasteiger partial charge in [0.2, 0.25) is 0 Å². The zero-order chi connectivity index (χ0) is 12.3. The van der Waals surface area contributed by atoms with Gasteiger partial charge >= 0.3 is 0 Å². The molecule has 1 aromatic rings. The molecule has 1 rings (SSSR count). The maximum Gasteiger partial charge on any atom is 0.264 e. The molecule has 0 aliphatic carbocycles. The molecule has 5 heteroatoms. The molecule has 0 aliphatic rings. The van der Waals surface area contributed by atoms with Crippen LogP contribution in [0.5, 0.6) is 0 Å². The predicted octanol–water partition coefficient (Wildman–Crippen LogP) is 1.60. The third-order valence-corrected chi connectivity index (χ3v) is 3.32. The third-order valence-electron chi connectivity index (χ3n) is 2.28. The summed E-state index contributed by atoms with van der Waals surface area (Å²) >= 11 is 2.06. The lowest BCUT2D eigenvalue weighted by Gasteiger charge is -2.11. The van der Waals surface area contributed by atoms with Gasteiger partial charge in [0, 0.05) is 13.0 Å². The van der Waals surface area contributed by atoms with Crippen molar-refractivity contribution in [3.63, 3.8) is 0 Å². The first-order valence-corrected chi connectivity index (χ1v) is 6.43. The highest BCUT2D eigenvalue weighted by Crippen LogP contribution is 2.15. The first kappa shape index (κ1) is 13.6. The average Bonchev–Trinajstić information content (AvgIpc) is 2.19. The molecule has 0 spiro atoms. The number of nitrogens with zero attached hydrogens (tertiary/aromatic N) is 2. The summed E-state index contributed by atoms with van der Waals surface area (Å²) in [5, 5.41) is 0. The highest BCUT2D eigenvalue weighted by molar-refractivity contribution is 14.1. The van der Waals surface area contributed by atoms with E-state index < -0.39 is 0 Å². The average molecular weight is 335 g/mol. The molecule has 0 aliphatic heterocycles. The van der Waals surface area contributed by atoms with Crippen molar-refractivity contribution >= 4 is 22.6 Å². The quantitative estimate of drug-likeness (QED) is 0.851. The summed E-state index contributed by atoms with van der Waals surface area (Å²) in [6.45, 7) is 5.00. The van der Waals surface area contributed by atoms with Crippen molar-refractivity contribution in [2.75, 3.05) is 20.6 Å². The Bertz CT molecular complexity index is 412. The maximum absolute atomic E-state index is 11.7. The summed E-state index contributed by atoms with van der Waals surface area (Å²) in [7, 11) is 4.02. The Labute approximate surface area is 110 Å². The Kier molecular flexibility index (Phi) is 4.91. The van der Waals surface area contributed by atoms with Crippen molar-refractivity contribution in [3.8, 4) is 0 Å². The number of aromatic amines is 1. The fraction of sp³-hybridized carbons (Fsp3) is 0.636. The van der Waals surface area contributed by atoms with E-state index in [1.54, 1.807) is 0 Å². The molecule has 0 saturated heterocycles.